The maximum atomic E-state index is 10.5. The minimum atomic E-state index is -0.747. The first kappa shape index (κ1) is 21.3. The Morgan fingerprint density at radius 3 is 2.62 bits per heavy atom. The first-order valence-electron chi connectivity index (χ1n) is 11.0. The molecule has 5 heteroatoms. The van der Waals surface area contributed by atoms with Gasteiger partial charge in [-0.25, -0.2) is 0 Å². The van der Waals surface area contributed by atoms with Crippen molar-refractivity contribution >= 4 is 0 Å². The molecule has 0 unspecified atom stereocenters. The van der Waals surface area contributed by atoms with E-state index in [1.54, 1.807) is 7.11 Å². The van der Waals surface area contributed by atoms with Crippen molar-refractivity contribution in [2.24, 2.45) is 22.7 Å². The summed E-state index contributed by atoms with van der Waals surface area (Å²) in [6.45, 7) is 8.22. The van der Waals surface area contributed by atoms with E-state index in [1.807, 2.05) is 30.3 Å². The minimum Gasteiger partial charge on any atom is -0.388 e. The molecule has 29 heavy (non-hydrogen) atoms. The zero-order valence-corrected chi connectivity index (χ0v) is 18.2. The second-order valence-electron chi connectivity index (χ2n) is 9.87. The molecule has 0 spiro atoms. The van der Waals surface area contributed by atoms with Crippen LogP contribution in [-0.4, -0.2) is 50.0 Å². The molecule has 2 bridgehead atoms. The Morgan fingerprint density at radius 2 is 1.93 bits per heavy atom. The van der Waals surface area contributed by atoms with Gasteiger partial charge in [0.25, 0.3) is 0 Å². The first-order chi connectivity index (χ1) is 13.9. The number of methoxy groups -OCH3 is 1. The van der Waals surface area contributed by atoms with E-state index in [1.165, 1.54) is 12.8 Å². The summed E-state index contributed by atoms with van der Waals surface area (Å²) >= 11 is 0. The number of hydrogen-bond acceptors (Lipinski definition) is 5. The van der Waals surface area contributed by atoms with Crippen molar-refractivity contribution in [3.8, 4) is 0 Å². The Hall–Kier alpha value is -0.980. The van der Waals surface area contributed by atoms with Gasteiger partial charge in [-0.3, -0.25) is 0 Å². The zero-order valence-electron chi connectivity index (χ0n) is 18.2. The molecule has 0 aromatic heterocycles. The molecule has 2 saturated carbocycles. The minimum absolute atomic E-state index is 0.213. The summed E-state index contributed by atoms with van der Waals surface area (Å²) in [5.41, 5.74) is 1.64. The molecule has 3 fully saturated rings. The summed E-state index contributed by atoms with van der Waals surface area (Å²) in [5.74, 6) is 1.25. The van der Waals surface area contributed by atoms with Crippen LogP contribution in [0.25, 0.3) is 0 Å². The number of benzene rings is 1. The van der Waals surface area contributed by atoms with Gasteiger partial charge in [-0.15, -0.1) is 0 Å². The van der Waals surface area contributed by atoms with Gasteiger partial charge in [0.2, 0.25) is 0 Å². The molecule has 5 nitrogen and oxygen atoms in total. The molecule has 7 atom stereocenters. The summed E-state index contributed by atoms with van der Waals surface area (Å²) in [6, 6.07) is 10.0. The van der Waals surface area contributed by atoms with Gasteiger partial charge in [0.1, 0.15) is 12.2 Å². The predicted molar refractivity (Wildman–Crippen MR) is 110 cm³/mol. The van der Waals surface area contributed by atoms with Gasteiger partial charge in [-0.2, -0.15) is 0 Å². The lowest BCUT2D eigenvalue weighted by molar-refractivity contribution is -0.217. The summed E-state index contributed by atoms with van der Waals surface area (Å²) in [4.78, 5) is 0. The monoisotopic (exact) mass is 404 g/mol. The summed E-state index contributed by atoms with van der Waals surface area (Å²) in [5, 5.41) is 10.5. The number of hydrogen-bond donors (Lipinski definition) is 1. The SMILES string of the molecule is COC[C@H](O)[C@@H](COCc1ccccc1)O[C@@H]1C[C@H]2[C@H]3CC[C@@](C)([C@H]2O1)C3(C)C. The van der Waals surface area contributed by atoms with Crippen molar-refractivity contribution in [1.82, 2.24) is 0 Å². The van der Waals surface area contributed by atoms with Crippen molar-refractivity contribution in [3.05, 3.63) is 35.9 Å². The third-order valence-corrected chi connectivity index (χ3v) is 8.16. The molecular formula is C24H36O5. The highest BCUT2D eigenvalue weighted by atomic mass is 16.7. The molecule has 4 rings (SSSR count). The molecule has 1 saturated heterocycles. The quantitative estimate of drug-likeness (QED) is 0.679. The van der Waals surface area contributed by atoms with Crippen LogP contribution in [-0.2, 0) is 25.6 Å². The molecule has 1 aliphatic heterocycles. The van der Waals surface area contributed by atoms with E-state index in [0.29, 0.717) is 30.5 Å². The van der Waals surface area contributed by atoms with Crippen LogP contribution in [0.4, 0.5) is 0 Å². The van der Waals surface area contributed by atoms with E-state index < -0.39 is 12.2 Å². The molecule has 162 valence electrons. The molecule has 1 aromatic rings. The molecule has 1 aromatic carbocycles. The molecule has 1 heterocycles. The summed E-state index contributed by atoms with van der Waals surface area (Å²) in [7, 11) is 1.59. The Balaban J connectivity index is 1.36. The van der Waals surface area contributed by atoms with Crippen LogP contribution in [0.5, 0.6) is 0 Å². The Labute approximate surface area is 174 Å². The van der Waals surface area contributed by atoms with Gasteiger partial charge < -0.3 is 24.1 Å². The smallest absolute Gasteiger partial charge is 0.158 e. The number of fused-ring (bicyclic) bond motifs is 5. The van der Waals surface area contributed by atoms with Gasteiger partial charge in [0, 0.05) is 13.5 Å². The standard InChI is InChI=1S/C24H36O5/c1-23(2)18-10-11-24(23,3)22-17(18)12-21(29-22)28-20(19(25)14-26-4)15-27-13-16-8-6-5-7-9-16/h5-9,17-22,25H,10-15H2,1-4H3/t17-,18+,19-,20+,21-,22-,24-/m0/s1. The van der Waals surface area contributed by atoms with E-state index in [0.717, 1.165) is 12.0 Å². The fraction of sp³-hybridized carbons (Fsp3) is 0.750. The lowest BCUT2D eigenvalue weighted by Crippen LogP contribution is -2.41. The van der Waals surface area contributed by atoms with E-state index in [9.17, 15) is 5.11 Å². The van der Waals surface area contributed by atoms with Crippen LogP contribution in [0, 0.1) is 22.7 Å². The van der Waals surface area contributed by atoms with Gasteiger partial charge in [0.05, 0.1) is 25.9 Å². The third kappa shape index (κ3) is 3.77. The molecule has 0 radical (unpaired) electrons. The van der Waals surface area contributed by atoms with Crippen molar-refractivity contribution in [3.63, 3.8) is 0 Å². The Bertz CT molecular complexity index is 677. The van der Waals surface area contributed by atoms with Crippen molar-refractivity contribution in [2.75, 3.05) is 20.3 Å². The van der Waals surface area contributed by atoms with Crippen molar-refractivity contribution in [1.29, 1.82) is 0 Å². The number of aliphatic hydroxyl groups excluding tert-OH is 1. The van der Waals surface area contributed by atoms with Crippen LogP contribution < -0.4 is 0 Å². The highest BCUT2D eigenvalue weighted by Crippen LogP contribution is 2.71. The first-order valence-corrected chi connectivity index (χ1v) is 11.0. The van der Waals surface area contributed by atoms with Crippen LogP contribution in [0.15, 0.2) is 30.3 Å². The predicted octanol–water partition coefficient (Wildman–Crippen LogP) is 3.78. The van der Waals surface area contributed by atoms with Crippen molar-refractivity contribution < 1.29 is 24.1 Å². The highest BCUT2D eigenvalue weighted by molar-refractivity contribution is 5.16. The lowest BCUT2D eigenvalue weighted by Gasteiger charge is -2.39. The van der Waals surface area contributed by atoms with E-state index in [-0.39, 0.29) is 24.4 Å². The largest absolute Gasteiger partial charge is 0.388 e. The second-order valence-corrected chi connectivity index (χ2v) is 9.87. The van der Waals surface area contributed by atoms with Crippen LogP contribution in [0.3, 0.4) is 0 Å². The fourth-order valence-corrected chi connectivity index (χ4v) is 6.15. The van der Waals surface area contributed by atoms with Gasteiger partial charge in [-0.1, -0.05) is 51.1 Å². The zero-order chi connectivity index (χ0) is 20.6. The van der Waals surface area contributed by atoms with Crippen LogP contribution >= 0.6 is 0 Å². The Morgan fingerprint density at radius 1 is 1.17 bits per heavy atom. The van der Waals surface area contributed by atoms with Crippen LogP contribution in [0.1, 0.15) is 45.6 Å². The van der Waals surface area contributed by atoms with E-state index in [4.69, 9.17) is 18.9 Å². The fourth-order valence-electron chi connectivity index (χ4n) is 6.15. The molecule has 2 aliphatic carbocycles. The molecule has 0 amide bonds. The molecular weight excluding hydrogens is 368 g/mol. The topological polar surface area (TPSA) is 57.2 Å². The lowest BCUT2D eigenvalue weighted by atomic mass is 9.70. The number of rotatable bonds is 9. The van der Waals surface area contributed by atoms with Gasteiger partial charge >= 0.3 is 0 Å². The number of ether oxygens (including phenoxy) is 4. The maximum Gasteiger partial charge on any atom is 0.158 e. The summed E-state index contributed by atoms with van der Waals surface area (Å²) in [6.07, 6.45) is 2.18. The average molecular weight is 405 g/mol. The highest BCUT2D eigenvalue weighted by Gasteiger charge is 2.69. The Kier molecular flexibility index (Phi) is 6.07. The van der Waals surface area contributed by atoms with Gasteiger partial charge in [0.15, 0.2) is 6.29 Å². The second kappa shape index (κ2) is 8.27. The summed E-state index contributed by atoms with van der Waals surface area (Å²) < 4.78 is 23.7. The average Bonchev–Trinajstić information content (AvgIpc) is 3.26. The number of aliphatic hydroxyl groups is 1. The normalized spacial score (nSPS) is 36.9. The van der Waals surface area contributed by atoms with Crippen LogP contribution in [0.2, 0.25) is 0 Å². The molecule has 1 N–H and O–H groups in total. The van der Waals surface area contributed by atoms with E-state index >= 15 is 0 Å². The molecule has 3 aliphatic rings. The van der Waals surface area contributed by atoms with Gasteiger partial charge in [-0.05, 0) is 41.1 Å². The van der Waals surface area contributed by atoms with Crippen molar-refractivity contribution in [2.45, 2.75) is 71.2 Å². The maximum absolute atomic E-state index is 10.5. The third-order valence-electron chi connectivity index (χ3n) is 8.16. The van der Waals surface area contributed by atoms with E-state index in [2.05, 4.69) is 20.8 Å².